The summed E-state index contributed by atoms with van der Waals surface area (Å²) < 4.78 is 38.2. The summed E-state index contributed by atoms with van der Waals surface area (Å²) in [7, 11) is -3.73. The van der Waals surface area contributed by atoms with E-state index < -0.39 is 15.4 Å². The molecule has 1 heterocycles. The SMILES string of the molecule is CC(C)(C)OC(=O)N1CCc2ccc(S(=O)(=O)c3cccc(OCc4ccccc4)c3)cc2CC1. The zero-order valence-corrected chi connectivity index (χ0v) is 21.2. The Bertz CT molecular complexity index is 1300. The number of carbonyl (C=O) groups is 1. The first kappa shape index (κ1) is 24.8. The lowest BCUT2D eigenvalue weighted by Crippen LogP contribution is -2.38. The number of carbonyl (C=O) groups excluding carboxylic acids is 1. The van der Waals surface area contributed by atoms with Gasteiger partial charge in [-0.05, 0) is 80.6 Å². The molecule has 0 unspecified atom stereocenters. The summed E-state index contributed by atoms with van der Waals surface area (Å²) >= 11 is 0. The molecule has 0 bridgehead atoms. The Labute approximate surface area is 207 Å². The van der Waals surface area contributed by atoms with Crippen LogP contribution in [0.5, 0.6) is 5.75 Å². The lowest BCUT2D eigenvalue weighted by molar-refractivity contribution is 0.0258. The van der Waals surface area contributed by atoms with Gasteiger partial charge in [-0.1, -0.05) is 42.5 Å². The molecule has 1 aliphatic heterocycles. The average molecular weight is 494 g/mol. The van der Waals surface area contributed by atoms with Crippen molar-refractivity contribution in [3.8, 4) is 5.75 Å². The van der Waals surface area contributed by atoms with Crippen LogP contribution in [-0.2, 0) is 34.0 Å². The van der Waals surface area contributed by atoms with Crippen LogP contribution in [0.1, 0.15) is 37.5 Å². The van der Waals surface area contributed by atoms with Crippen LogP contribution in [0.4, 0.5) is 4.79 Å². The summed E-state index contributed by atoms with van der Waals surface area (Å²) in [5, 5.41) is 0. The monoisotopic (exact) mass is 493 g/mol. The molecular weight excluding hydrogens is 462 g/mol. The van der Waals surface area contributed by atoms with Gasteiger partial charge < -0.3 is 14.4 Å². The first-order valence-corrected chi connectivity index (χ1v) is 13.2. The molecule has 3 aromatic carbocycles. The van der Waals surface area contributed by atoms with E-state index in [2.05, 4.69) is 0 Å². The number of fused-ring (bicyclic) bond motifs is 1. The fourth-order valence-corrected chi connectivity index (χ4v) is 5.33. The number of ether oxygens (including phenoxy) is 2. The molecule has 0 fully saturated rings. The van der Waals surface area contributed by atoms with E-state index >= 15 is 0 Å². The smallest absolute Gasteiger partial charge is 0.410 e. The molecule has 0 saturated heterocycles. The van der Waals surface area contributed by atoms with Crippen LogP contribution in [0.25, 0.3) is 0 Å². The van der Waals surface area contributed by atoms with Crippen LogP contribution in [-0.4, -0.2) is 38.1 Å². The molecule has 35 heavy (non-hydrogen) atoms. The van der Waals surface area contributed by atoms with Gasteiger partial charge in [0, 0.05) is 13.1 Å². The van der Waals surface area contributed by atoms with Crippen LogP contribution in [0.3, 0.4) is 0 Å². The van der Waals surface area contributed by atoms with Crippen molar-refractivity contribution in [3.05, 3.63) is 89.5 Å². The third kappa shape index (κ3) is 6.22. The minimum absolute atomic E-state index is 0.187. The molecule has 184 valence electrons. The lowest BCUT2D eigenvalue weighted by Gasteiger charge is -2.26. The second kappa shape index (κ2) is 10.1. The van der Waals surface area contributed by atoms with E-state index in [1.54, 1.807) is 41.3 Å². The highest BCUT2D eigenvalue weighted by molar-refractivity contribution is 7.91. The largest absolute Gasteiger partial charge is 0.489 e. The van der Waals surface area contributed by atoms with Crippen LogP contribution < -0.4 is 4.74 Å². The summed E-state index contributed by atoms with van der Waals surface area (Å²) in [4.78, 5) is 14.6. The fraction of sp³-hybridized carbons (Fsp3) is 0.321. The van der Waals surface area contributed by atoms with Crippen molar-refractivity contribution >= 4 is 15.9 Å². The first-order chi connectivity index (χ1) is 16.6. The van der Waals surface area contributed by atoms with Gasteiger partial charge in [0.05, 0.1) is 9.79 Å². The maximum absolute atomic E-state index is 13.4. The molecule has 0 N–H and O–H groups in total. The van der Waals surface area contributed by atoms with Crippen molar-refractivity contribution in [3.63, 3.8) is 0 Å². The second-order valence-electron chi connectivity index (χ2n) is 9.65. The van der Waals surface area contributed by atoms with Crippen molar-refractivity contribution in [2.45, 2.75) is 55.6 Å². The predicted molar refractivity (Wildman–Crippen MR) is 134 cm³/mol. The minimum atomic E-state index is -3.73. The maximum Gasteiger partial charge on any atom is 0.410 e. The van der Waals surface area contributed by atoms with E-state index in [0.717, 1.165) is 16.7 Å². The van der Waals surface area contributed by atoms with Gasteiger partial charge in [-0.25, -0.2) is 13.2 Å². The van der Waals surface area contributed by atoms with E-state index in [1.165, 1.54) is 0 Å². The molecule has 1 aliphatic rings. The van der Waals surface area contributed by atoms with Crippen LogP contribution in [0.15, 0.2) is 82.6 Å². The maximum atomic E-state index is 13.4. The molecule has 4 rings (SSSR count). The van der Waals surface area contributed by atoms with Crippen LogP contribution in [0.2, 0.25) is 0 Å². The van der Waals surface area contributed by atoms with Crippen LogP contribution in [0, 0.1) is 0 Å². The van der Waals surface area contributed by atoms with Crippen molar-refractivity contribution in [1.82, 2.24) is 4.90 Å². The molecule has 0 aromatic heterocycles. The minimum Gasteiger partial charge on any atom is -0.489 e. The van der Waals surface area contributed by atoms with E-state index in [9.17, 15) is 13.2 Å². The highest BCUT2D eigenvalue weighted by Gasteiger charge is 2.25. The zero-order chi connectivity index (χ0) is 25.1. The van der Waals surface area contributed by atoms with E-state index in [1.807, 2.05) is 57.2 Å². The van der Waals surface area contributed by atoms with Gasteiger partial charge in [0.1, 0.15) is 18.0 Å². The Morgan fingerprint density at radius 1 is 0.857 bits per heavy atom. The quantitative estimate of drug-likeness (QED) is 0.474. The molecule has 0 spiro atoms. The molecule has 0 atom stereocenters. The van der Waals surface area contributed by atoms with Gasteiger partial charge in [-0.3, -0.25) is 0 Å². The Morgan fingerprint density at radius 2 is 1.54 bits per heavy atom. The number of benzene rings is 3. The number of rotatable bonds is 5. The summed E-state index contributed by atoms with van der Waals surface area (Å²) in [5.74, 6) is 0.498. The third-order valence-electron chi connectivity index (χ3n) is 5.81. The molecule has 6 nitrogen and oxygen atoms in total. The first-order valence-electron chi connectivity index (χ1n) is 11.7. The van der Waals surface area contributed by atoms with Gasteiger partial charge in [0.15, 0.2) is 0 Å². The standard InChI is InChI=1S/C28H31NO5S/c1-28(2,3)34-27(30)29-16-14-22-12-13-26(18-23(22)15-17-29)35(31,32)25-11-7-10-24(19-25)33-20-21-8-5-4-6-9-21/h4-13,18-19H,14-17,20H2,1-3H3. The zero-order valence-electron chi connectivity index (χ0n) is 20.4. The fourth-order valence-electron chi connectivity index (χ4n) is 3.99. The number of amides is 1. The number of nitrogens with zero attached hydrogens (tertiary/aromatic N) is 1. The molecule has 0 saturated carbocycles. The summed E-state index contributed by atoms with van der Waals surface area (Å²) in [6.07, 6.45) is 0.876. The molecule has 3 aromatic rings. The number of sulfone groups is 1. The normalized spacial score (nSPS) is 14.1. The molecular formula is C28H31NO5S. The Balaban J connectivity index is 1.50. The second-order valence-corrected chi connectivity index (χ2v) is 11.6. The molecule has 0 radical (unpaired) electrons. The Morgan fingerprint density at radius 3 is 2.26 bits per heavy atom. The third-order valence-corrected chi connectivity index (χ3v) is 7.56. The summed E-state index contributed by atoms with van der Waals surface area (Å²) in [6.45, 7) is 6.91. The van der Waals surface area contributed by atoms with E-state index in [4.69, 9.17) is 9.47 Å². The van der Waals surface area contributed by atoms with Crippen molar-refractivity contribution in [1.29, 1.82) is 0 Å². The number of hydrogen-bond donors (Lipinski definition) is 0. The van der Waals surface area contributed by atoms with Gasteiger partial charge in [0.2, 0.25) is 9.84 Å². The summed E-state index contributed by atoms with van der Waals surface area (Å²) in [5.41, 5.74) is 2.44. The number of hydrogen-bond acceptors (Lipinski definition) is 5. The molecule has 1 amide bonds. The van der Waals surface area contributed by atoms with Gasteiger partial charge >= 0.3 is 6.09 Å². The average Bonchev–Trinajstić information content (AvgIpc) is 3.05. The van der Waals surface area contributed by atoms with Crippen molar-refractivity contribution in [2.75, 3.05) is 13.1 Å². The van der Waals surface area contributed by atoms with E-state index in [-0.39, 0.29) is 15.9 Å². The highest BCUT2D eigenvalue weighted by Crippen LogP contribution is 2.28. The molecule has 0 aliphatic carbocycles. The van der Waals surface area contributed by atoms with Gasteiger partial charge in [-0.15, -0.1) is 0 Å². The predicted octanol–water partition coefficient (Wildman–Crippen LogP) is 5.43. The van der Waals surface area contributed by atoms with Crippen molar-refractivity contribution in [2.24, 2.45) is 0 Å². The topological polar surface area (TPSA) is 72.9 Å². The molecule has 7 heteroatoms. The van der Waals surface area contributed by atoms with Crippen LogP contribution >= 0.6 is 0 Å². The summed E-state index contributed by atoms with van der Waals surface area (Å²) in [6, 6.07) is 21.6. The van der Waals surface area contributed by atoms with Gasteiger partial charge in [-0.2, -0.15) is 0 Å². The van der Waals surface area contributed by atoms with E-state index in [0.29, 0.717) is 38.3 Å². The highest BCUT2D eigenvalue weighted by atomic mass is 32.2. The van der Waals surface area contributed by atoms with Gasteiger partial charge in [0.25, 0.3) is 0 Å². The Kier molecular flexibility index (Phi) is 7.17. The lowest BCUT2D eigenvalue weighted by atomic mass is 10.0. The van der Waals surface area contributed by atoms with Crippen molar-refractivity contribution < 1.29 is 22.7 Å². The Hall–Kier alpha value is -3.32.